The first kappa shape index (κ1) is 17.6. The molecule has 0 saturated carbocycles. The highest BCUT2D eigenvalue weighted by Gasteiger charge is 2.16. The lowest BCUT2D eigenvalue weighted by atomic mass is 10.2. The van der Waals surface area contributed by atoms with Crippen LogP contribution in [0.2, 0.25) is 0 Å². The first-order chi connectivity index (χ1) is 9.79. The molecule has 2 N–H and O–H groups in total. The van der Waals surface area contributed by atoms with Crippen molar-refractivity contribution in [2.24, 2.45) is 0 Å². The number of carbonyl (C=O) groups is 2. The maximum atomic E-state index is 13.6. The van der Waals surface area contributed by atoms with Crippen LogP contribution in [0.5, 0.6) is 0 Å². The number of nitrogens with zero attached hydrogens (tertiary/aromatic N) is 1. The van der Waals surface area contributed by atoms with Crippen molar-refractivity contribution in [1.82, 2.24) is 4.90 Å². The van der Waals surface area contributed by atoms with Crippen molar-refractivity contribution in [3.63, 3.8) is 0 Å². The number of anilines is 1. The summed E-state index contributed by atoms with van der Waals surface area (Å²) in [7, 11) is 0. The molecule has 1 aromatic rings. The van der Waals surface area contributed by atoms with Gasteiger partial charge in [0.2, 0.25) is 5.91 Å². The van der Waals surface area contributed by atoms with E-state index in [0.29, 0.717) is 4.47 Å². The first-order valence-electron chi connectivity index (χ1n) is 6.50. The number of hydrogen-bond acceptors (Lipinski definition) is 3. The number of halogens is 2. The molecule has 0 heterocycles. The number of amides is 1. The maximum absolute atomic E-state index is 13.6. The molecule has 0 aliphatic rings. The van der Waals surface area contributed by atoms with Crippen LogP contribution in [-0.4, -0.2) is 41.0 Å². The van der Waals surface area contributed by atoms with Gasteiger partial charge in [0.1, 0.15) is 5.82 Å². The molecule has 0 spiro atoms. The van der Waals surface area contributed by atoms with Gasteiger partial charge in [-0.25, -0.2) is 4.39 Å². The summed E-state index contributed by atoms with van der Waals surface area (Å²) >= 11 is 3.14. The molecule has 1 aromatic carbocycles. The third kappa shape index (κ3) is 6.22. The molecule has 21 heavy (non-hydrogen) atoms. The summed E-state index contributed by atoms with van der Waals surface area (Å²) in [6.07, 6.45) is -0.0435. The highest BCUT2D eigenvalue weighted by molar-refractivity contribution is 9.10. The number of rotatable bonds is 7. The van der Waals surface area contributed by atoms with E-state index in [9.17, 15) is 14.0 Å². The van der Waals surface area contributed by atoms with Gasteiger partial charge in [0.25, 0.3) is 0 Å². The highest BCUT2D eigenvalue weighted by atomic mass is 79.9. The Morgan fingerprint density at radius 1 is 1.43 bits per heavy atom. The second-order valence-electron chi connectivity index (χ2n) is 4.88. The molecule has 0 bridgehead atoms. The lowest BCUT2D eigenvalue weighted by Crippen LogP contribution is -2.39. The predicted octanol–water partition coefficient (Wildman–Crippen LogP) is 2.71. The largest absolute Gasteiger partial charge is 0.481 e. The molecule has 1 amide bonds. The van der Waals surface area contributed by atoms with Gasteiger partial charge in [0.05, 0.1) is 18.7 Å². The molecule has 0 saturated heterocycles. The quantitative estimate of drug-likeness (QED) is 0.784. The topological polar surface area (TPSA) is 69.6 Å². The fourth-order valence-electron chi connectivity index (χ4n) is 1.72. The Balaban J connectivity index is 2.63. The number of aliphatic carboxylic acids is 1. The third-order valence-corrected chi connectivity index (χ3v) is 3.39. The van der Waals surface area contributed by atoms with Gasteiger partial charge in [-0.2, -0.15) is 0 Å². The van der Waals surface area contributed by atoms with Crippen LogP contribution >= 0.6 is 15.9 Å². The molecular weight excluding hydrogens is 343 g/mol. The lowest BCUT2D eigenvalue weighted by molar-refractivity contribution is -0.137. The second-order valence-corrected chi connectivity index (χ2v) is 5.80. The predicted molar refractivity (Wildman–Crippen MR) is 81.7 cm³/mol. The van der Waals surface area contributed by atoms with Crippen LogP contribution in [0.4, 0.5) is 10.1 Å². The molecule has 0 fully saturated rings. The van der Waals surface area contributed by atoms with Gasteiger partial charge in [-0.05, 0) is 32.0 Å². The van der Waals surface area contributed by atoms with Crippen molar-refractivity contribution in [2.75, 3.05) is 18.4 Å². The molecule has 0 aliphatic heterocycles. The maximum Gasteiger partial charge on any atom is 0.304 e. The summed E-state index contributed by atoms with van der Waals surface area (Å²) in [6.45, 7) is 4.02. The fourth-order valence-corrected chi connectivity index (χ4v) is 2.06. The number of nitrogens with one attached hydrogen (secondary N) is 1. The van der Waals surface area contributed by atoms with Gasteiger partial charge in [0.15, 0.2) is 0 Å². The summed E-state index contributed by atoms with van der Waals surface area (Å²) in [5.74, 6) is -1.82. The smallest absolute Gasteiger partial charge is 0.304 e. The van der Waals surface area contributed by atoms with Crippen LogP contribution in [0.25, 0.3) is 0 Å². The van der Waals surface area contributed by atoms with Gasteiger partial charge in [0, 0.05) is 17.1 Å². The molecule has 1 rings (SSSR count). The standard InChI is InChI=1S/C14H18BrFN2O3/c1-9(2)18(6-5-14(20)21)8-13(19)17-12-4-3-10(15)7-11(12)16/h3-4,7,9H,5-6,8H2,1-2H3,(H,17,19)(H,20,21). The van der Waals surface area contributed by atoms with E-state index in [2.05, 4.69) is 21.2 Å². The molecule has 0 aromatic heterocycles. The molecule has 0 aliphatic carbocycles. The zero-order valence-electron chi connectivity index (χ0n) is 11.9. The van der Waals surface area contributed by atoms with E-state index in [0.717, 1.165) is 0 Å². The Hall–Kier alpha value is -1.47. The Labute approximate surface area is 131 Å². The zero-order valence-corrected chi connectivity index (χ0v) is 13.5. The number of carboxylic acid groups (broad SMARTS) is 1. The molecule has 7 heteroatoms. The van der Waals surface area contributed by atoms with Crippen molar-refractivity contribution in [3.05, 3.63) is 28.5 Å². The van der Waals surface area contributed by atoms with Crippen molar-refractivity contribution in [2.45, 2.75) is 26.3 Å². The number of benzene rings is 1. The third-order valence-electron chi connectivity index (χ3n) is 2.90. The monoisotopic (exact) mass is 360 g/mol. The van der Waals surface area contributed by atoms with Gasteiger partial charge >= 0.3 is 5.97 Å². The van der Waals surface area contributed by atoms with Gasteiger partial charge in [-0.1, -0.05) is 15.9 Å². The van der Waals surface area contributed by atoms with E-state index in [1.807, 2.05) is 13.8 Å². The Morgan fingerprint density at radius 2 is 2.10 bits per heavy atom. The summed E-state index contributed by atoms with van der Waals surface area (Å²) in [5, 5.41) is 11.2. The molecule has 0 radical (unpaired) electrons. The van der Waals surface area contributed by atoms with Gasteiger partial charge in [-0.3, -0.25) is 14.5 Å². The Bertz CT molecular complexity index is 523. The Morgan fingerprint density at radius 3 is 2.62 bits per heavy atom. The van der Waals surface area contributed by atoms with Crippen LogP contribution in [0.1, 0.15) is 20.3 Å². The summed E-state index contributed by atoms with van der Waals surface area (Å²) < 4.78 is 14.2. The minimum absolute atomic E-state index is 0.0143. The molecule has 116 valence electrons. The second kappa shape index (κ2) is 8.09. The molecular formula is C14H18BrFN2O3. The normalized spacial score (nSPS) is 11.0. The fraction of sp³-hybridized carbons (Fsp3) is 0.429. The highest BCUT2D eigenvalue weighted by Crippen LogP contribution is 2.19. The van der Waals surface area contributed by atoms with Crippen LogP contribution < -0.4 is 5.32 Å². The van der Waals surface area contributed by atoms with E-state index in [1.54, 1.807) is 11.0 Å². The zero-order chi connectivity index (χ0) is 16.0. The van der Waals surface area contributed by atoms with Crippen LogP contribution in [0.3, 0.4) is 0 Å². The minimum atomic E-state index is -0.917. The molecule has 0 unspecified atom stereocenters. The van der Waals surface area contributed by atoms with Gasteiger partial charge < -0.3 is 10.4 Å². The van der Waals surface area contributed by atoms with Crippen LogP contribution in [0.15, 0.2) is 22.7 Å². The van der Waals surface area contributed by atoms with E-state index in [4.69, 9.17) is 5.11 Å². The van der Waals surface area contributed by atoms with Crippen molar-refractivity contribution in [3.8, 4) is 0 Å². The summed E-state index contributed by atoms with van der Waals surface area (Å²) in [4.78, 5) is 24.3. The average molecular weight is 361 g/mol. The minimum Gasteiger partial charge on any atom is -0.481 e. The lowest BCUT2D eigenvalue weighted by Gasteiger charge is -2.25. The molecule has 0 atom stereocenters. The number of carbonyl (C=O) groups excluding carboxylic acids is 1. The Kier molecular flexibility index (Phi) is 6.77. The summed E-state index contributed by atoms with van der Waals surface area (Å²) in [5.41, 5.74) is 0.102. The van der Waals surface area contributed by atoms with E-state index < -0.39 is 11.8 Å². The van der Waals surface area contributed by atoms with E-state index in [1.165, 1.54) is 12.1 Å². The molecule has 5 nitrogen and oxygen atoms in total. The van der Waals surface area contributed by atoms with E-state index in [-0.39, 0.29) is 37.1 Å². The van der Waals surface area contributed by atoms with Crippen molar-refractivity contribution in [1.29, 1.82) is 0 Å². The number of hydrogen-bond donors (Lipinski definition) is 2. The first-order valence-corrected chi connectivity index (χ1v) is 7.29. The van der Waals surface area contributed by atoms with E-state index >= 15 is 0 Å². The number of carboxylic acids is 1. The summed E-state index contributed by atoms with van der Waals surface area (Å²) in [6, 6.07) is 4.38. The van der Waals surface area contributed by atoms with Gasteiger partial charge in [-0.15, -0.1) is 0 Å². The SMILES string of the molecule is CC(C)N(CCC(=O)O)CC(=O)Nc1ccc(Br)cc1F. The van der Waals surface area contributed by atoms with Crippen molar-refractivity contribution >= 4 is 33.5 Å². The van der Waals surface area contributed by atoms with Crippen LogP contribution in [0, 0.1) is 5.82 Å². The average Bonchev–Trinajstić information content (AvgIpc) is 2.37. The van der Waals surface area contributed by atoms with Crippen LogP contribution in [-0.2, 0) is 9.59 Å². The van der Waals surface area contributed by atoms with Crippen molar-refractivity contribution < 1.29 is 19.1 Å².